The maximum Gasteiger partial charge on any atom is 0.310 e. The fourth-order valence-corrected chi connectivity index (χ4v) is 1.35. The summed E-state index contributed by atoms with van der Waals surface area (Å²) in [5, 5.41) is 7.86. The van der Waals surface area contributed by atoms with Crippen LogP contribution in [0.1, 0.15) is 19.8 Å². The molecule has 0 aromatic carbocycles. The van der Waals surface area contributed by atoms with Crippen molar-refractivity contribution in [2.45, 2.75) is 19.8 Å². The zero-order valence-corrected chi connectivity index (χ0v) is 8.13. The zero-order chi connectivity index (χ0) is 10.5. The third-order valence-corrected chi connectivity index (χ3v) is 3.13. The van der Waals surface area contributed by atoms with E-state index in [-0.39, 0.29) is 12.2 Å². The summed E-state index contributed by atoms with van der Waals surface area (Å²) >= 11 is 0. The van der Waals surface area contributed by atoms with Crippen LogP contribution in [-0.2, 0) is 19.4 Å². The molecule has 0 radical (unpaired) electrons. The minimum atomic E-state index is -2.48. The van der Waals surface area contributed by atoms with E-state index in [4.69, 9.17) is 5.11 Å². The van der Waals surface area contributed by atoms with Crippen LogP contribution in [0, 0.1) is 0 Å². The van der Waals surface area contributed by atoms with Gasteiger partial charge in [0.1, 0.15) is 22.0 Å². The Hall–Kier alpha value is -0.910. The van der Waals surface area contributed by atoms with Gasteiger partial charge in [-0.2, -0.15) is 0 Å². The van der Waals surface area contributed by atoms with E-state index in [0.29, 0.717) is 11.5 Å². The second kappa shape index (κ2) is 4.96. The molecule has 1 aliphatic rings. The number of rotatable bonds is 2. The lowest BCUT2D eigenvalue weighted by Crippen LogP contribution is -2.23. The van der Waals surface area contributed by atoms with Crippen LogP contribution in [0.4, 0.5) is 0 Å². The number of hydrogen-bond donors (Lipinski definition) is 1. The third kappa shape index (κ3) is 7.45. The van der Waals surface area contributed by atoms with Gasteiger partial charge in [0, 0.05) is 0 Å². The van der Waals surface area contributed by atoms with Crippen molar-refractivity contribution in [3.05, 3.63) is 0 Å². The van der Waals surface area contributed by atoms with Gasteiger partial charge in [0.25, 0.3) is 0 Å². The summed E-state index contributed by atoms with van der Waals surface area (Å²) in [6.07, 6.45) is 0.516. The molecular formula is C7H12O5S. The molecule has 1 saturated heterocycles. The molecule has 6 heteroatoms. The molecule has 0 bridgehead atoms. The molecule has 0 saturated carbocycles. The van der Waals surface area contributed by atoms with Gasteiger partial charge in [0.2, 0.25) is 0 Å². The van der Waals surface area contributed by atoms with E-state index in [1.54, 1.807) is 0 Å². The second-order valence-electron chi connectivity index (χ2n) is 2.78. The number of hydrogen-bond acceptors (Lipinski definition) is 4. The molecule has 76 valence electrons. The lowest BCUT2D eigenvalue weighted by molar-refractivity contribution is -0.139. The van der Waals surface area contributed by atoms with Crippen molar-refractivity contribution in [3.63, 3.8) is 0 Å². The van der Waals surface area contributed by atoms with Crippen molar-refractivity contribution < 1.29 is 23.1 Å². The summed E-state index contributed by atoms with van der Waals surface area (Å²) in [4.78, 5) is 19.5. The highest BCUT2D eigenvalue weighted by atomic mass is 32.2. The van der Waals surface area contributed by atoms with E-state index in [9.17, 15) is 18.0 Å². The van der Waals surface area contributed by atoms with Crippen molar-refractivity contribution in [3.8, 4) is 0 Å². The number of carbonyl (C=O) groups excluding carboxylic acids is 1. The average molecular weight is 208 g/mol. The van der Waals surface area contributed by atoms with E-state index in [1.165, 1.54) is 6.92 Å². The Labute approximate surface area is 76.7 Å². The molecule has 1 aliphatic heterocycles. The van der Waals surface area contributed by atoms with Crippen LogP contribution in [0.5, 0.6) is 0 Å². The molecule has 1 N–H and O–H groups in total. The Balaban J connectivity index is 0.000000223. The Bertz CT molecular complexity index is 268. The summed E-state index contributed by atoms with van der Waals surface area (Å²) in [5.74, 6) is -0.528. The van der Waals surface area contributed by atoms with Crippen LogP contribution in [-0.4, -0.2) is 36.8 Å². The van der Waals surface area contributed by atoms with Crippen molar-refractivity contribution >= 4 is 21.6 Å². The summed E-state index contributed by atoms with van der Waals surface area (Å²) in [6.45, 7) is 1.24. The smallest absolute Gasteiger partial charge is 0.310 e. The maximum absolute atomic E-state index is 10.1. The van der Waals surface area contributed by atoms with Gasteiger partial charge in [0.05, 0.1) is 11.5 Å². The van der Waals surface area contributed by atoms with Gasteiger partial charge in [-0.1, -0.05) is 0 Å². The molecule has 1 heterocycles. The molecule has 0 amide bonds. The highest BCUT2D eigenvalue weighted by Gasteiger charge is 2.19. The normalized spacial score (nSPS) is 17.6. The molecule has 0 spiro atoms. The number of Topliss-reactive ketones (excluding diaryl/α,β-unsaturated/α-hetero) is 1. The summed E-state index contributed by atoms with van der Waals surface area (Å²) < 4.78 is 20.2. The fourth-order valence-electron chi connectivity index (χ4n) is 0.593. The Morgan fingerprint density at radius 1 is 1.31 bits per heavy atom. The molecule has 5 nitrogen and oxygen atoms in total. The largest absolute Gasteiger partial charge is 0.481 e. The maximum atomic E-state index is 10.1. The molecule has 0 aliphatic carbocycles. The van der Waals surface area contributed by atoms with Crippen molar-refractivity contribution in [1.82, 2.24) is 0 Å². The number of carboxylic acid groups (broad SMARTS) is 1. The minimum Gasteiger partial charge on any atom is -0.481 e. The van der Waals surface area contributed by atoms with E-state index in [0.717, 1.165) is 6.42 Å². The summed E-state index contributed by atoms with van der Waals surface area (Å²) in [5.41, 5.74) is 0. The Kier molecular flexibility index (Phi) is 4.61. The zero-order valence-electron chi connectivity index (χ0n) is 7.32. The van der Waals surface area contributed by atoms with Crippen LogP contribution in [0.3, 0.4) is 0 Å². The van der Waals surface area contributed by atoms with Crippen LogP contribution < -0.4 is 0 Å². The molecule has 1 fully saturated rings. The van der Waals surface area contributed by atoms with E-state index >= 15 is 0 Å². The van der Waals surface area contributed by atoms with Gasteiger partial charge >= 0.3 is 5.97 Å². The lowest BCUT2D eigenvalue weighted by atomic mass is 10.3. The molecule has 1 rings (SSSR count). The van der Waals surface area contributed by atoms with Gasteiger partial charge in [-0.15, -0.1) is 0 Å². The van der Waals surface area contributed by atoms with Gasteiger partial charge in [0.15, 0.2) is 0 Å². The van der Waals surface area contributed by atoms with E-state index < -0.39 is 15.8 Å². The molecule has 13 heavy (non-hydrogen) atoms. The standard InChI is InChI=1S/C4H6O3.C3H6O2S/c1-3(5)2-4(6)7;4-6(5)2-1-3-6/h2H2,1H3,(H,6,7);1-3H2. The Morgan fingerprint density at radius 3 is 1.69 bits per heavy atom. The first-order chi connectivity index (χ1) is 5.83. The Morgan fingerprint density at radius 2 is 1.69 bits per heavy atom. The summed E-state index contributed by atoms with van der Waals surface area (Å²) in [7, 11) is -2.48. The second-order valence-corrected chi connectivity index (χ2v) is 5.08. The topological polar surface area (TPSA) is 88.5 Å². The number of aliphatic carboxylic acids is 1. The highest BCUT2D eigenvalue weighted by molar-refractivity contribution is 7.92. The van der Waals surface area contributed by atoms with Gasteiger partial charge < -0.3 is 5.11 Å². The molecule has 0 unspecified atom stereocenters. The first-order valence-corrected chi connectivity index (χ1v) is 5.57. The predicted molar refractivity (Wildman–Crippen MR) is 46.2 cm³/mol. The van der Waals surface area contributed by atoms with E-state index in [2.05, 4.69) is 0 Å². The van der Waals surface area contributed by atoms with Crippen LogP contribution in [0.15, 0.2) is 0 Å². The number of carbonyl (C=O) groups is 2. The van der Waals surface area contributed by atoms with Crippen LogP contribution in [0.2, 0.25) is 0 Å². The van der Waals surface area contributed by atoms with Gasteiger partial charge in [-0.25, -0.2) is 8.42 Å². The van der Waals surface area contributed by atoms with Crippen molar-refractivity contribution in [2.75, 3.05) is 11.5 Å². The van der Waals surface area contributed by atoms with Gasteiger partial charge in [-0.05, 0) is 13.3 Å². The minimum absolute atomic E-state index is 0.312. The van der Waals surface area contributed by atoms with Gasteiger partial charge in [-0.3, -0.25) is 9.59 Å². The number of carboxylic acids is 1. The highest BCUT2D eigenvalue weighted by Crippen LogP contribution is 2.06. The molecule has 0 atom stereocenters. The predicted octanol–water partition coefficient (Wildman–Crippen LogP) is -0.145. The first-order valence-electron chi connectivity index (χ1n) is 3.75. The fraction of sp³-hybridized carbons (Fsp3) is 0.714. The summed E-state index contributed by atoms with van der Waals surface area (Å²) in [6, 6.07) is 0. The molecule has 0 aromatic heterocycles. The quantitative estimate of drug-likeness (QED) is 0.638. The molecular weight excluding hydrogens is 196 g/mol. The lowest BCUT2D eigenvalue weighted by Gasteiger charge is -2.09. The monoisotopic (exact) mass is 208 g/mol. The number of ketones is 1. The van der Waals surface area contributed by atoms with Crippen molar-refractivity contribution in [1.29, 1.82) is 0 Å². The van der Waals surface area contributed by atoms with Crippen LogP contribution in [0.25, 0.3) is 0 Å². The SMILES string of the molecule is CC(=O)CC(=O)O.O=S1(=O)CCC1. The first kappa shape index (κ1) is 12.1. The van der Waals surface area contributed by atoms with Crippen molar-refractivity contribution in [2.24, 2.45) is 0 Å². The molecule has 0 aromatic rings. The van der Waals surface area contributed by atoms with E-state index in [1.807, 2.05) is 0 Å². The third-order valence-electron chi connectivity index (χ3n) is 1.31. The average Bonchev–Trinajstić information content (AvgIpc) is 1.82. The number of sulfone groups is 1. The van der Waals surface area contributed by atoms with Crippen LogP contribution >= 0.6 is 0 Å².